The summed E-state index contributed by atoms with van der Waals surface area (Å²) in [7, 11) is 1.63. The summed E-state index contributed by atoms with van der Waals surface area (Å²) >= 11 is 0. The number of aromatic nitrogens is 3. The number of ether oxygens (including phenoxy) is 1. The van der Waals surface area contributed by atoms with Crippen molar-refractivity contribution >= 4 is 17.7 Å². The molecule has 130 valence electrons. The van der Waals surface area contributed by atoms with Gasteiger partial charge in [0.05, 0.1) is 7.11 Å². The lowest BCUT2D eigenvalue weighted by Gasteiger charge is -2.10. The van der Waals surface area contributed by atoms with Crippen molar-refractivity contribution in [3.05, 3.63) is 42.1 Å². The number of hydrogen-bond donors (Lipinski definition) is 2. The molecule has 2 aromatic heterocycles. The van der Waals surface area contributed by atoms with Crippen molar-refractivity contribution < 1.29 is 9.26 Å². The van der Waals surface area contributed by atoms with E-state index in [0.717, 1.165) is 29.0 Å². The second-order valence-corrected chi connectivity index (χ2v) is 6.13. The highest BCUT2D eigenvalue weighted by Crippen LogP contribution is 2.27. The van der Waals surface area contributed by atoms with Crippen LogP contribution in [-0.2, 0) is 6.42 Å². The van der Waals surface area contributed by atoms with Crippen LogP contribution in [0.3, 0.4) is 0 Å². The fraction of sp³-hybridized carbons (Fsp3) is 0.278. The van der Waals surface area contributed by atoms with Crippen molar-refractivity contribution in [1.82, 2.24) is 15.1 Å². The molecule has 7 nitrogen and oxygen atoms in total. The third-order valence-electron chi connectivity index (χ3n) is 3.65. The Hall–Kier alpha value is -3.09. The third-order valence-corrected chi connectivity index (χ3v) is 3.65. The molecule has 0 saturated heterocycles. The minimum Gasteiger partial charge on any atom is -0.497 e. The van der Waals surface area contributed by atoms with Crippen LogP contribution < -0.4 is 15.8 Å². The number of benzene rings is 1. The van der Waals surface area contributed by atoms with Crippen LogP contribution in [-0.4, -0.2) is 22.2 Å². The molecule has 1 aromatic carbocycles. The van der Waals surface area contributed by atoms with E-state index in [1.165, 1.54) is 0 Å². The molecule has 7 heteroatoms. The Labute approximate surface area is 146 Å². The fourth-order valence-electron chi connectivity index (χ4n) is 2.47. The van der Waals surface area contributed by atoms with Crippen molar-refractivity contribution in [2.24, 2.45) is 5.92 Å². The monoisotopic (exact) mass is 339 g/mol. The summed E-state index contributed by atoms with van der Waals surface area (Å²) in [5.41, 5.74) is 8.35. The summed E-state index contributed by atoms with van der Waals surface area (Å²) < 4.78 is 10.5. The first-order valence-corrected chi connectivity index (χ1v) is 8.04. The van der Waals surface area contributed by atoms with Gasteiger partial charge in [0, 0.05) is 23.4 Å². The zero-order chi connectivity index (χ0) is 17.8. The molecule has 0 radical (unpaired) electrons. The number of nitrogen functional groups attached to an aromatic ring is 1. The lowest BCUT2D eigenvalue weighted by atomic mass is 10.1. The molecule has 3 N–H and O–H groups in total. The van der Waals surface area contributed by atoms with Crippen LogP contribution in [0.5, 0.6) is 5.75 Å². The molecule has 2 heterocycles. The van der Waals surface area contributed by atoms with Gasteiger partial charge in [-0.15, -0.1) is 0 Å². The molecule has 0 atom stereocenters. The molecule has 0 spiro atoms. The first-order chi connectivity index (χ1) is 12.0. The van der Waals surface area contributed by atoms with Crippen LogP contribution in [0.2, 0.25) is 0 Å². The van der Waals surface area contributed by atoms with E-state index in [9.17, 15) is 0 Å². The van der Waals surface area contributed by atoms with Crippen LogP contribution in [0.1, 0.15) is 19.4 Å². The van der Waals surface area contributed by atoms with Crippen molar-refractivity contribution in [1.29, 1.82) is 0 Å². The van der Waals surface area contributed by atoms with Crippen LogP contribution in [0, 0.1) is 5.92 Å². The number of nitrogens with one attached hydrogen (secondary N) is 1. The van der Waals surface area contributed by atoms with Crippen LogP contribution in [0.15, 0.2) is 41.1 Å². The Kier molecular flexibility index (Phi) is 4.83. The Bertz CT molecular complexity index is 843. The van der Waals surface area contributed by atoms with Gasteiger partial charge in [0.2, 0.25) is 11.8 Å². The molecule has 0 bridgehead atoms. The van der Waals surface area contributed by atoms with Gasteiger partial charge in [0.1, 0.15) is 17.3 Å². The quantitative estimate of drug-likeness (QED) is 0.707. The number of methoxy groups -OCH3 is 1. The maximum absolute atomic E-state index is 5.72. The largest absolute Gasteiger partial charge is 0.497 e. The SMILES string of the molecule is COc1ccc(-c2cc(Nc3nc(N)ncc3CC(C)C)on2)cc1. The van der Waals surface area contributed by atoms with Crippen LogP contribution in [0.25, 0.3) is 11.3 Å². The number of rotatable bonds is 6. The molecule has 0 saturated carbocycles. The van der Waals surface area contributed by atoms with Gasteiger partial charge in [-0.3, -0.25) is 0 Å². The summed E-state index contributed by atoms with van der Waals surface area (Å²) in [4.78, 5) is 8.35. The maximum Gasteiger partial charge on any atom is 0.230 e. The highest BCUT2D eigenvalue weighted by Gasteiger charge is 2.12. The molecular formula is C18H21N5O2. The zero-order valence-electron chi connectivity index (χ0n) is 14.5. The molecule has 0 fully saturated rings. The molecule has 0 aliphatic heterocycles. The first-order valence-electron chi connectivity index (χ1n) is 8.04. The second-order valence-electron chi connectivity index (χ2n) is 6.13. The first kappa shape index (κ1) is 16.8. The summed E-state index contributed by atoms with van der Waals surface area (Å²) in [6.07, 6.45) is 2.58. The molecule has 25 heavy (non-hydrogen) atoms. The van der Waals surface area contributed by atoms with Crippen molar-refractivity contribution in [2.45, 2.75) is 20.3 Å². The van der Waals surface area contributed by atoms with E-state index in [2.05, 4.69) is 34.3 Å². The number of nitrogens with zero attached hydrogens (tertiary/aromatic N) is 3. The highest BCUT2D eigenvalue weighted by atomic mass is 16.5. The maximum atomic E-state index is 5.72. The number of hydrogen-bond acceptors (Lipinski definition) is 7. The minimum absolute atomic E-state index is 0.213. The third kappa shape index (κ3) is 4.06. The average Bonchev–Trinajstić information content (AvgIpc) is 3.05. The fourth-order valence-corrected chi connectivity index (χ4v) is 2.47. The van der Waals surface area contributed by atoms with E-state index in [-0.39, 0.29) is 5.95 Å². The van der Waals surface area contributed by atoms with Gasteiger partial charge in [-0.2, -0.15) is 4.98 Å². The summed E-state index contributed by atoms with van der Waals surface area (Å²) in [5.74, 6) is 2.61. The Morgan fingerprint density at radius 2 is 2.00 bits per heavy atom. The zero-order valence-corrected chi connectivity index (χ0v) is 14.5. The van der Waals surface area contributed by atoms with Crippen LogP contribution in [0.4, 0.5) is 17.7 Å². The Balaban J connectivity index is 1.82. The average molecular weight is 339 g/mol. The van der Waals surface area contributed by atoms with E-state index in [4.69, 9.17) is 15.0 Å². The smallest absolute Gasteiger partial charge is 0.230 e. The van der Waals surface area contributed by atoms with Crippen molar-refractivity contribution in [3.63, 3.8) is 0 Å². The Morgan fingerprint density at radius 3 is 2.68 bits per heavy atom. The lowest BCUT2D eigenvalue weighted by Crippen LogP contribution is -2.06. The molecule has 0 aliphatic carbocycles. The predicted octanol–water partition coefficient (Wildman–Crippen LogP) is 3.66. The van der Waals surface area contributed by atoms with E-state index >= 15 is 0 Å². The van der Waals surface area contributed by atoms with Gasteiger partial charge in [0.25, 0.3) is 0 Å². The highest BCUT2D eigenvalue weighted by molar-refractivity contribution is 5.65. The number of nitrogens with two attached hydrogens (primary N) is 1. The minimum atomic E-state index is 0.213. The lowest BCUT2D eigenvalue weighted by molar-refractivity contribution is 0.415. The molecule has 0 amide bonds. The van der Waals surface area contributed by atoms with E-state index in [0.29, 0.717) is 17.6 Å². The Morgan fingerprint density at radius 1 is 1.24 bits per heavy atom. The summed E-state index contributed by atoms with van der Waals surface area (Å²) in [6.45, 7) is 4.27. The van der Waals surface area contributed by atoms with Crippen molar-refractivity contribution in [3.8, 4) is 17.0 Å². The normalized spacial score (nSPS) is 10.9. The molecule has 0 aliphatic rings. The van der Waals surface area contributed by atoms with E-state index < -0.39 is 0 Å². The molecule has 3 aromatic rings. The summed E-state index contributed by atoms with van der Waals surface area (Å²) in [5, 5.41) is 7.24. The van der Waals surface area contributed by atoms with E-state index in [1.807, 2.05) is 30.3 Å². The van der Waals surface area contributed by atoms with Crippen molar-refractivity contribution in [2.75, 3.05) is 18.2 Å². The van der Waals surface area contributed by atoms with Gasteiger partial charge in [-0.05, 0) is 36.6 Å². The van der Waals surface area contributed by atoms with Gasteiger partial charge >= 0.3 is 0 Å². The number of anilines is 3. The van der Waals surface area contributed by atoms with Crippen LogP contribution >= 0.6 is 0 Å². The van der Waals surface area contributed by atoms with Gasteiger partial charge < -0.3 is 20.3 Å². The standard InChI is InChI=1S/C18H21N5O2/c1-11(2)8-13-10-20-18(19)22-17(13)21-16-9-15(23-25-16)12-4-6-14(24-3)7-5-12/h4-7,9-11H,8H2,1-3H3,(H3,19,20,21,22). The van der Waals surface area contributed by atoms with Gasteiger partial charge in [-0.25, -0.2) is 4.98 Å². The molecule has 0 unspecified atom stereocenters. The molecule has 3 rings (SSSR count). The van der Waals surface area contributed by atoms with E-state index in [1.54, 1.807) is 13.3 Å². The predicted molar refractivity (Wildman–Crippen MR) is 96.8 cm³/mol. The molecular weight excluding hydrogens is 318 g/mol. The second kappa shape index (κ2) is 7.21. The van der Waals surface area contributed by atoms with Gasteiger partial charge in [-0.1, -0.05) is 19.0 Å². The topological polar surface area (TPSA) is 99.1 Å². The summed E-state index contributed by atoms with van der Waals surface area (Å²) in [6, 6.07) is 9.42. The van der Waals surface area contributed by atoms with Gasteiger partial charge in [0.15, 0.2) is 0 Å².